The smallest absolute Gasteiger partial charge is 0.124 e. The van der Waals surface area contributed by atoms with Gasteiger partial charge in [-0.2, -0.15) is 5.26 Å². The zero-order chi connectivity index (χ0) is 13.1. The summed E-state index contributed by atoms with van der Waals surface area (Å²) in [4.78, 5) is 4.50. The lowest BCUT2D eigenvalue weighted by molar-refractivity contribution is 0.242. The Hall–Kier alpha value is -2.02. The molecule has 1 aromatic carbocycles. The van der Waals surface area contributed by atoms with Crippen LogP contribution in [0.1, 0.15) is 26.6 Å². The van der Waals surface area contributed by atoms with Crippen LogP contribution in [0.25, 0.3) is 11.0 Å². The lowest BCUT2D eigenvalue weighted by Gasteiger charge is -2.09. The van der Waals surface area contributed by atoms with Crippen molar-refractivity contribution in [2.75, 3.05) is 0 Å². The summed E-state index contributed by atoms with van der Waals surface area (Å²) >= 11 is 0. The van der Waals surface area contributed by atoms with E-state index in [0.29, 0.717) is 6.42 Å². The second-order valence-electron chi connectivity index (χ2n) is 4.42. The standard InChI is InChI=1S/C14H17N3O/c1-4-17-13-6-5-11(18-10(2)3)9-12(13)16-14(17)7-8-15/h5-6,9-10H,4,7H2,1-3H3. The third kappa shape index (κ3) is 2.30. The molecular weight excluding hydrogens is 226 g/mol. The van der Waals surface area contributed by atoms with E-state index in [1.165, 1.54) is 0 Å². The molecule has 0 saturated heterocycles. The summed E-state index contributed by atoms with van der Waals surface area (Å²) in [6.45, 7) is 6.87. The molecule has 0 spiro atoms. The van der Waals surface area contributed by atoms with Crippen molar-refractivity contribution >= 4 is 11.0 Å². The lowest BCUT2D eigenvalue weighted by atomic mass is 10.3. The van der Waals surface area contributed by atoms with Gasteiger partial charge in [-0.25, -0.2) is 4.98 Å². The van der Waals surface area contributed by atoms with Gasteiger partial charge in [0.05, 0.1) is 29.6 Å². The summed E-state index contributed by atoms with van der Waals surface area (Å²) in [6, 6.07) is 8.04. The molecular formula is C14H17N3O. The number of nitrogens with zero attached hydrogens (tertiary/aromatic N) is 3. The Labute approximate surface area is 107 Å². The second-order valence-corrected chi connectivity index (χ2v) is 4.42. The Morgan fingerprint density at radius 3 is 2.83 bits per heavy atom. The highest BCUT2D eigenvalue weighted by Crippen LogP contribution is 2.23. The number of hydrogen-bond acceptors (Lipinski definition) is 3. The number of ether oxygens (including phenoxy) is 1. The van der Waals surface area contributed by atoms with Crippen LogP contribution in [0.3, 0.4) is 0 Å². The van der Waals surface area contributed by atoms with Gasteiger partial charge >= 0.3 is 0 Å². The summed E-state index contributed by atoms with van der Waals surface area (Å²) in [5.74, 6) is 1.64. The van der Waals surface area contributed by atoms with E-state index in [-0.39, 0.29) is 6.10 Å². The highest BCUT2D eigenvalue weighted by atomic mass is 16.5. The average molecular weight is 243 g/mol. The number of aryl methyl sites for hydroxylation is 1. The van der Waals surface area contributed by atoms with Crippen molar-refractivity contribution in [3.05, 3.63) is 24.0 Å². The maximum Gasteiger partial charge on any atom is 0.124 e. The molecule has 0 N–H and O–H groups in total. The molecule has 0 unspecified atom stereocenters. The second kappa shape index (κ2) is 5.09. The first-order valence-electron chi connectivity index (χ1n) is 6.18. The van der Waals surface area contributed by atoms with Gasteiger partial charge in [-0.15, -0.1) is 0 Å². The van der Waals surface area contributed by atoms with Crippen LogP contribution in [0, 0.1) is 11.3 Å². The molecule has 1 aromatic heterocycles. The molecule has 0 fully saturated rings. The number of fused-ring (bicyclic) bond motifs is 1. The molecule has 0 aliphatic carbocycles. The fourth-order valence-electron chi connectivity index (χ4n) is 2.06. The van der Waals surface area contributed by atoms with Crippen LogP contribution in [0.4, 0.5) is 0 Å². The van der Waals surface area contributed by atoms with Gasteiger partial charge in [-0.05, 0) is 32.9 Å². The van der Waals surface area contributed by atoms with E-state index in [4.69, 9.17) is 10.00 Å². The molecule has 0 bridgehead atoms. The first kappa shape index (κ1) is 12.4. The number of nitriles is 1. The maximum absolute atomic E-state index is 8.81. The van der Waals surface area contributed by atoms with Gasteiger partial charge in [0.2, 0.25) is 0 Å². The maximum atomic E-state index is 8.81. The largest absolute Gasteiger partial charge is 0.491 e. The summed E-state index contributed by atoms with van der Waals surface area (Å²) in [5, 5.41) is 8.81. The third-order valence-electron chi connectivity index (χ3n) is 2.72. The fraction of sp³-hybridized carbons (Fsp3) is 0.429. The van der Waals surface area contributed by atoms with Crippen molar-refractivity contribution in [2.45, 2.75) is 39.8 Å². The summed E-state index contributed by atoms with van der Waals surface area (Å²) in [7, 11) is 0. The monoisotopic (exact) mass is 243 g/mol. The fourth-order valence-corrected chi connectivity index (χ4v) is 2.06. The van der Waals surface area contributed by atoms with E-state index in [0.717, 1.165) is 29.2 Å². The number of aromatic nitrogens is 2. The number of hydrogen-bond donors (Lipinski definition) is 0. The molecule has 0 aliphatic rings. The van der Waals surface area contributed by atoms with Crippen LogP contribution in [0.15, 0.2) is 18.2 Å². The Morgan fingerprint density at radius 1 is 1.44 bits per heavy atom. The zero-order valence-corrected chi connectivity index (χ0v) is 11.0. The van der Waals surface area contributed by atoms with Crippen LogP contribution in [-0.2, 0) is 13.0 Å². The van der Waals surface area contributed by atoms with Crippen LogP contribution < -0.4 is 4.74 Å². The summed E-state index contributed by atoms with van der Waals surface area (Å²) in [6.07, 6.45) is 0.484. The van der Waals surface area contributed by atoms with Crippen LogP contribution in [-0.4, -0.2) is 15.7 Å². The molecule has 18 heavy (non-hydrogen) atoms. The van der Waals surface area contributed by atoms with E-state index < -0.39 is 0 Å². The molecule has 4 heteroatoms. The van der Waals surface area contributed by atoms with Crippen molar-refractivity contribution < 1.29 is 4.74 Å². The highest BCUT2D eigenvalue weighted by molar-refractivity contribution is 5.77. The third-order valence-corrected chi connectivity index (χ3v) is 2.72. The van der Waals surface area contributed by atoms with E-state index in [1.54, 1.807) is 0 Å². The van der Waals surface area contributed by atoms with Gasteiger partial charge in [0, 0.05) is 12.6 Å². The summed E-state index contributed by atoms with van der Waals surface area (Å²) < 4.78 is 7.72. The predicted octanol–water partition coefficient (Wildman–Crippen LogP) is 2.91. The van der Waals surface area contributed by atoms with Crippen molar-refractivity contribution in [3.8, 4) is 11.8 Å². The van der Waals surface area contributed by atoms with Gasteiger partial charge in [0.1, 0.15) is 11.6 Å². The molecule has 0 amide bonds. The quantitative estimate of drug-likeness (QED) is 0.829. The van der Waals surface area contributed by atoms with Crippen molar-refractivity contribution in [3.63, 3.8) is 0 Å². The Bertz CT molecular complexity index is 593. The van der Waals surface area contributed by atoms with Crippen molar-refractivity contribution in [2.24, 2.45) is 0 Å². The van der Waals surface area contributed by atoms with Crippen molar-refractivity contribution in [1.82, 2.24) is 9.55 Å². The van der Waals surface area contributed by atoms with Gasteiger partial charge in [0.15, 0.2) is 0 Å². The minimum atomic E-state index is 0.147. The van der Waals surface area contributed by atoms with Gasteiger partial charge in [-0.1, -0.05) is 0 Å². The first-order valence-corrected chi connectivity index (χ1v) is 6.18. The number of benzene rings is 1. The van der Waals surface area contributed by atoms with Crippen LogP contribution in [0.2, 0.25) is 0 Å². The molecule has 2 aromatic rings. The van der Waals surface area contributed by atoms with E-state index >= 15 is 0 Å². The lowest BCUT2D eigenvalue weighted by Crippen LogP contribution is -2.05. The Kier molecular flexibility index (Phi) is 3.52. The van der Waals surface area contributed by atoms with Crippen LogP contribution >= 0.6 is 0 Å². The first-order chi connectivity index (χ1) is 8.65. The Balaban J connectivity index is 2.48. The van der Waals surface area contributed by atoms with Crippen LogP contribution in [0.5, 0.6) is 5.75 Å². The molecule has 0 atom stereocenters. The van der Waals surface area contributed by atoms with E-state index in [1.807, 2.05) is 32.0 Å². The SMILES string of the molecule is CCn1c(CC#N)nc2cc(OC(C)C)ccc21. The molecule has 0 aliphatic heterocycles. The minimum absolute atomic E-state index is 0.147. The van der Waals surface area contributed by atoms with Crippen molar-refractivity contribution in [1.29, 1.82) is 5.26 Å². The predicted molar refractivity (Wildman–Crippen MR) is 70.5 cm³/mol. The van der Waals surface area contributed by atoms with Gasteiger partial charge in [-0.3, -0.25) is 0 Å². The summed E-state index contributed by atoms with van der Waals surface area (Å²) in [5.41, 5.74) is 1.94. The molecule has 2 rings (SSSR count). The van der Waals surface area contributed by atoms with E-state index in [2.05, 4.69) is 22.5 Å². The molecule has 1 heterocycles. The number of rotatable bonds is 4. The van der Waals surface area contributed by atoms with Gasteiger partial charge in [0.25, 0.3) is 0 Å². The average Bonchev–Trinajstić information content (AvgIpc) is 2.65. The normalized spacial score (nSPS) is 10.8. The van der Waals surface area contributed by atoms with E-state index in [9.17, 15) is 0 Å². The topological polar surface area (TPSA) is 50.8 Å². The number of imidazole rings is 1. The Morgan fingerprint density at radius 2 is 2.22 bits per heavy atom. The molecule has 94 valence electrons. The minimum Gasteiger partial charge on any atom is -0.491 e. The van der Waals surface area contributed by atoms with Gasteiger partial charge < -0.3 is 9.30 Å². The molecule has 0 radical (unpaired) electrons. The molecule has 4 nitrogen and oxygen atoms in total. The zero-order valence-electron chi connectivity index (χ0n) is 11.0. The molecule has 0 saturated carbocycles. The highest BCUT2D eigenvalue weighted by Gasteiger charge is 2.10.